The predicted molar refractivity (Wildman–Crippen MR) is 81.7 cm³/mol. The summed E-state index contributed by atoms with van der Waals surface area (Å²) in [5.41, 5.74) is -0.716. The van der Waals surface area contributed by atoms with Gasteiger partial charge in [0.15, 0.2) is 6.04 Å². The average Bonchev–Trinajstić information content (AvgIpc) is 2.79. The SMILES string of the molecule is COC(=O)[C@@H](NC(=O)OC(C)(C)C)C(C)OP1(=O)OCCS1. The van der Waals surface area contributed by atoms with Crippen LogP contribution in [0.3, 0.4) is 0 Å². The molecule has 22 heavy (non-hydrogen) atoms. The molecule has 1 aliphatic rings. The molecule has 0 saturated carbocycles. The molecule has 1 aliphatic heterocycles. The average molecular weight is 355 g/mol. The number of hydrogen-bond acceptors (Lipinski definition) is 8. The Labute approximate surface area is 133 Å². The van der Waals surface area contributed by atoms with Crippen LogP contribution in [0.5, 0.6) is 0 Å². The van der Waals surface area contributed by atoms with Crippen LogP contribution in [-0.4, -0.2) is 49.3 Å². The van der Waals surface area contributed by atoms with Gasteiger partial charge in [-0.25, -0.2) is 14.2 Å². The molecule has 0 aliphatic carbocycles. The standard InChI is InChI=1S/C12H22NO7PS/c1-8(20-21(16)18-6-7-22-21)9(10(14)17-5)13-11(15)19-12(2,3)4/h8-9H,6-7H2,1-5H3,(H,13,15)/t8?,9-,21?/m0/s1. The fraction of sp³-hybridized carbons (Fsp3) is 0.833. The number of amides is 1. The highest BCUT2D eigenvalue weighted by atomic mass is 32.7. The van der Waals surface area contributed by atoms with E-state index in [1.165, 1.54) is 14.0 Å². The summed E-state index contributed by atoms with van der Waals surface area (Å²) in [6, 6.07) is -1.16. The first kappa shape index (κ1) is 19.3. The van der Waals surface area contributed by atoms with Gasteiger partial charge in [0.2, 0.25) is 0 Å². The van der Waals surface area contributed by atoms with Crippen molar-refractivity contribution in [3.63, 3.8) is 0 Å². The number of alkyl carbamates (subject to hydrolysis) is 1. The summed E-state index contributed by atoms with van der Waals surface area (Å²) in [4.78, 5) is 23.6. The highest BCUT2D eigenvalue weighted by molar-refractivity contribution is 8.55. The molecule has 1 rings (SSSR count). The normalized spacial score (nSPS) is 24.4. The molecule has 0 aromatic carbocycles. The van der Waals surface area contributed by atoms with E-state index in [2.05, 4.69) is 10.1 Å². The zero-order valence-electron chi connectivity index (χ0n) is 13.3. The second-order valence-electron chi connectivity index (χ2n) is 5.57. The van der Waals surface area contributed by atoms with Crippen LogP contribution in [0.25, 0.3) is 0 Å². The third-order valence-corrected chi connectivity index (χ3v) is 6.30. The molecule has 8 nitrogen and oxygen atoms in total. The maximum Gasteiger partial charge on any atom is 0.408 e. The van der Waals surface area contributed by atoms with Crippen molar-refractivity contribution in [2.45, 2.75) is 45.4 Å². The number of carbonyl (C=O) groups excluding carboxylic acids is 2. The van der Waals surface area contributed by atoms with Crippen LogP contribution in [0, 0.1) is 0 Å². The van der Waals surface area contributed by atoms with Crippen LogP contribution in [0.1, 0.15) is 27.7 Å². The van der Waals surface area contributed by atoms with E-state index in [0.717, 1.165) is 11.4 Å². The maximum absolute atomic E-state index is 12.2. The Hall–Kier alpha value is -0.760. The summed E-state index contributed by atoms with van der Waals surface area (Å²) in [6.07, 6.45) is -1.70. The van der Waals surface area contributed by atoms with Crippen LogP contribution in [0.15, 0.2) is 0 Å². The van der Waals surface area contributed by atoms with Crippen molar-refractivity contribution < 1.29 is 32.7 Å². The van der Waals surface area contributed by atoms with Crippen molar-refractivity contribution in [3.8, 4) is 0 Å². The van der Waals surface area contributed by atoms with E-state index in [-0.39, 0.29) is 0 Å². The fourth-order valence-corrected chi connectivity index (χ4v) is 5.07. The van der Waals surface area contributed by atoms with Crippen molar-refractivity contribution in [3.05, 3.63) is 0 Å². The van der Waals surface area contributed by atoms with Gasteiger partial charge in [-0.1, -0.05) is 0 Å². The van der Waals surface area contributed by atoms with Crippen LogP contribution < -0.4 is 5.32 Å². The lowest BCUT2D eigenvalue weighted by molar-refractivity contribution is -0.145. The quantitative estimate of drug-likeness (QED) is 0.592. The number of rotatable bonds is 5. The Kier molecular flexibility index (Phi) is 6.73. The molecule has 0 aromatic rings. The molecular formula is C12H22NO7PS. The van der Waals surface area contributed by atoms with Crippen molar-refractivity contribution in [1.82, 2.24) is 5.32 Å². The molecule has 10 heteroatoms. The summed E-state index contributed by atoms with van der Waals surface area (Å²) < 4.78 is 32.3. The van der Waals surface area contributed by atoms with Gasteiger partial charge in [0.05, 0.1) is 19.8 Å². The Morgan fingerprint density at radius 3 is 2.45 bits per heavy atom. The first-order valence-electron chi connectivity index (χ1n) is 6.71. The topological polar surface area (TPSA) is 100 Å². The van der Waals surface area contributed by atoms with Gasteiger partial charge in [-0.15, -0.1) is 0 Å². The molecular weight excluding hydrogens is 333 g/mol. The Bertz CT molecular complexity index is 455. The van der Waals surface area contributed by atoms with Crippen LogP contribution >= 0.6 is 18.2 Å². The lowest BCUT2D eigenvalue weighted by Crippen LogP contribution is -2.50. The van der Waals surface area contributed by atoms with Crippen LogP contribution in [0.4, 0.5) is 4.79 Å². The van der Waals surface area contributed by atoms with Gasteiger partial charge >= 0.3 is 18.9 Å². The molecule has 0 bridgehead atoms. The van der Waals surface area contributed by atoms with Gasteiger partial charge in [0.1, 0.15) is 5.60 Å². The molecule has 128 valence electrons. The van der Waals surface area contributed by atoms with Gasteiger partial charge in [-0.05, 0) is 39.1 Å². The maximum atomic E-state index is 12.2. The Balaban J connectivity index is 2.73. The van der Waals surface area contributed by atoms with Crippen molar-refractivity contribution in [2.75, 3.05) is 19.5 Å². The number of ether oxygens (including phenoxy) is 2. The Morgan fingerprint density at radius 1 is 1.36 bits per heavy atom. The number of nitrogens with one attached hydrogen (secondary N) is 1. The minimum Gasteiger partial charge on any atom is -0.467 e. The van der Waals surface area contributed by atoms with E-state index >= 15 is 0 Å². The van der Waals surface area contributed by atoms with E-state index in [0.29, 0.717) is 12.4 Å². The minimum atomic E-state index is -3.30. The molecule has 1 heterocycles. The molecule has 1 fully saturated rings. The summed E-state index contributed by atoms with van der Waals surface area (Å²) in [5, 5.41) is 2.37. The van der Waals surface area contributed by atoms with Gasteiger partial charge < -0.3 is 14.8 Å². The van der Waals surface area contributed by atoms with E-state index in [1.807, 2.05) is 0 Å². The zero-order chi connectivity index (χ0) is 17.0. The number of carbonyl (C=O) groups is 2. The monoisotopic (exact) mass is 355 g/mol. The second-order valence-corrected chi connectivity index (χ2v) is 9.72. The summed E-state index contributed by atoms with van der Waals surface area (Å²) in [5.74, 6) is -0.180. The third kappa shape index (κ3) is 6.16. The lowest BCUT2D eigenvalue weighted by atomic mass is 10.2. The molecule has 3 atom stereocenters. The summed E-state index contributed by atoms with van der Waals surface area (Å²) >= 11 is 1.05. The highest BCUT2D eigenvalue weighted by Gasteiger charge is 2.39. The number of methoxy groups -OCH3 is 1. The van der Waals surface area contributed by atoms with Crippen LogP contribution in [-0.2, 0) is 27.9 Å². The highest BCUT2D eigenvalue weighted by Crippen LogP contribution is 2.65. The van der Waals surface area contributed by atoms with Crippen molar-refractivity contribution in [1.29, 1.82) is 0 Å². The molecule has 2 unspecified atom stereocenters. The van der Waals surface area contributed by atoms with E-state index in [4.69, 9.17) is 13.8 Å². The predicted octanol–water partition coefficient (Wildman–Crippen LogP) is 2.33. The second kappa shape index (κ2) is 7.68. The third-order valence-electron chi connectivity index (χ3n) is 2.47. The fourth-order valence-electron chi connectivity index (χ4n) is 1.59. The first-order valence-corrected chi connectivity index (χ1v) is 9.84. The van der Waals surface area contributed by atoms with Gasteiger partial charge in [0.25, 0.3) is 0 Å². The van der Waals surface area contributed by atoms with E-state index in [1.54, 1.807) is 20.8 Å². The van der Waals surface area contributed by atoms with Gasteiger partial charge in [-0.3, -0.25) is 9.05 Å². The molecule has 0 aromatic heterocycles. The van der Waals surface area contributed by atoms with Crippen molar-refractivity contribution in [2.24, 2.45) is 0 Å². The van der Waals surface area contributed by atoms with Gasteiger partial charge in [0, 0.05) is 5.75 Å². The first-order chi connectivity index (χ1) is 10.1. The molecule has 1 N–H and O–H groups in total. The summed E-state index contributed by atoms with van der Waals surface area (Å²) in [7, 11) is 1.18. The number of hydrogen-bond donors (Lipinski definition) is 1. The van der Waals surface area contributed by atoms with Gasteiger partial charge in [-0.2, -0.15) is 0 Å². The van der Waals surface area contributed by atoms with Crippen molar-refractivity contribution >= 4 is 30.2 Å². The summed E-state index contributed by atoms with van der Waals surface area (Å²) in [6.45, 7) is 3.61. The Morgan fingerprint density at radius 2 is 2.00 bits per heavy atom. The molecule has 0 spiro atoms. The molecule has 0 radical (unpaired) electrons. The largest absolute Gasteiger partial charge is 0.467 e. The van der Waals surface area contributed by atoms with Crippen LogP contribution in [0.2, 0.25) is 0 Å². The molecule has 1 saturated heterocycles. The smallest absolute Gasteiger partial charge is 0.408 e. The van der Waals surface area contributed by atoms with E-state index < -0.39 is 36.6 Å². The zero-order valence-corrected chi connectivity index (χ0v) is 15.0. The van der Waals surface area contributed by atoms with E-state index in [9.17, 15) is 14.2 Å². The minimum absolute atomic E-state index is 0.317. The lowest BCUT2D eigenvalue weighted by Gasteiger charge is -2.26. The number of esters is 1. The molecule has 1 amide bonds.